The maximum Gasteiger partial charge on any atom is 0.303 e. The Balaban J connectivity index is 2.28. The van der Waals surface area contributed by atoms with Crippen LogP contribution in [0.2, 0.25) is 0 Å². The zero-order valence-corrected chi connectivity index (χ0v) is 10.2. The van der Waals surface area contributed by atoms with Crippen LogP contribution in [0.5, 0.6) is 0 Å². The van der Waals surface area contributed by atoms with Gasteiger partial charge in [0.05, 0.1) is 12.6 Å². The molecule has 1 atom stereocenters. The standard InChI is InChI=1S/C12H19NO4/c1-9-3-5-11(17-9)8-13(2)7-10(14)4-6-12(15)16/h3,5,10,14H,4,6-8H2,1-2H3,(H,15,16). The van der Waals surface area contributed by atoms with Crippen molar-refractivity contribution in [2.45, 2.75) is 32.4 Å². The molecule has 0 fully saturated rings. The number of carboxylic acid groups (broad SMARTS) is 1. The maximum atomic E-state index is 10.3. The van der Waals surface area contributed by atoms with E-state index in [9.17, 15) is 9.90 Å². The SMILES string of the molecule is Cc1ccc(CN(C)CC(O)CCC(=O)O)o1. The summed E-state index contributed by atoms with van der Waals surface area (Å²) in [5.74, 6) is 0.823. The van der Waals surface area contributed by atoms with Crippen LogP contribution in [0.1, 0.15) is 24.4 Å². The predicted molar refractivity (Wildman–Crippen MR) is 62.7 cm³/mol. The largest absolute Gasteiger partial charge is 0.481 e. The van der Waals surface area contributed by atoms with Crippen LogP contribution in [-0.2, 0) is 11.3 Å². The first-order chi connectivity index (χ1) is 7.97. The van der Waals surface area contributed by atoms with Gasteiger partial charge in [0.15, 0.2) is 0 Å². The fourth-order valence-electron chi connectivity index (χ4n) is 1.64. The van der Waals surface area contributed by atoms with Gasteiger partial charge in [-0.3, -0.25) is 9.69 Å². The number of carboxylic acids is 1. The van der Waals surface area contributed by atoms with E-state index in [-0.39, 0.29) is 12.8 Å². The molecule has 0 bridgehead atoms. The third-order valence-corrected chi connectivity index (χ3v) is 2.44. The summed E-state index contributed by atoms with van der Waals surface area (Å²) in [6.07, 6.45) is -0.349. The molecule has 0 amide bonds. The van der Waals surface area contributed by atoms with Gasteiger partial charge in [0, 0.05) is 13.0 Å². The van der Waals surface area contributed by atoms with Crippen molar-refractivity contribution in [1.82, 2.24) is 4.90 Å². The number of likely N-dealkylation sites (N-methyl/N-ethyl adjacent to an activating group) is 1. The quantitative estimate of drug-likeness (QED) is 0.751. The lowest BCUT2D eigenvalue weighted by molar-refractivity contribution is -0.137. The summed E-state index contributed by atoms with van der Waals surface area (Å²) in [6.45, 7) is 2.93. The minimum Gasteiger partial charge on any atom is -0.481 e. The van der Waals surface area contributed by atoms with Crippen molar-refractivity contribution in [3.8, 4) is 0 Å². The van der Waals surface area contributed by atoms with Crippen LogP contribution in [0.25, 0.3) is 0 Å². The number of furan rings is 1. The molecule has 96 valence electrons. The van der Waals surface area contributed by atoms with E-state index in [1.54, 1.807) is 0 Å². The summed E-state index contributed by atoms with van der Waals surface area (Å²) in [6, 6.07) is 3.79. The minimum absolute atomic E-state index is 0.00509. The monoisotopic (exact) mass is 241 g/mol. The summed E-state index contributed by atoms with van der Waals surface area (Å²) in [5.41, 5.74) is 0. The Hall–Kier alpha value is -1.33. The topological polar surface area (TPSA) is 73.9 Å². The molecule has 0 spiro atoms. The number of aliphatic hydroxyl groups is 1. The van der Waals surface area contributed by atoms with Gasteiger partial charge in [0.1, 0.15) is 11.5 Å². The zero-order chi connectivity index (χ0) is 12.8. The second-order valence-corrected chi connectivity index (χ2v) is 4.30. The van der Waals surface area contributed by atoms with Gasteiger partial charge in [0.25, 0.3) is 0 Å². The minimum atomic E-state index is -0.881. The number of hydrogen-bond donors (Lipinski definition) is 2. The predicted octanol–water partition coefficient (Wildman–Crippen LogP) is 1.25. The van der Waals surface area contributed by atoms with Crippen LogP contribution in [-0.4, -0.2) is 40.8 Å². The van der Waals surface area contributed by atoms with E-state index in [2.05, 4.69) is 0 Å². The van der Waals surface area contributed by atoms with Crippen molar-refractivity contribution in [2.24, 2.45) is 0 Å². The summed E-state index contributed by atoms with van der Waals surface area (Å²) in [5, 5.41) is 18.1. The van der Waals surface area contributed by atoms with Crippen LogP contribution >= 0.6 is 0 Å². The molecule has 0 aromatic carbocycles. The molecule has 0 aliphatic heterocycles. The Morgan fingerprint density at radius 1 is 1.53 bits per heavy atom. The molecule has 2 N–H and O–H groups in total. The molecule has 5 nitrogen and oxygen atoms in total. The lowest BCUT2D eigenvalue weighted by Gasteiger charge is -2.18. The highest BCUT2D eigenvalue weighted by molar-refractivity contribution is 5.66. The number of aliphatic carboxylic acids is 1. The molecule has 5 heteroatoms. The average molecular weight is 241 g/mol. The molecular weight excluding hydrogens is 222 g/mol. The molecule has 1 unspecified atom stereocenters. The highest BCUT2D eigenvalue weighted by atomic mass is 16.4. The van der Waals surface area contributed by atoms with Crippen molar-refractivity contribution >= 4 is 5.97 Å². The van der Waals surface area contributed by atoms with Crippen LogP contribution in [0.4, 0.5) is 0 Å². The van der Waals surface area contributed by atoms with Crippen LogP contribution in [0.3, 0.4) is 0 Å². The maximum absolute atomic E-state index is 10.3. The number of hydrogen-bond acceptors (Lipinski definition) is 4. The Bertz CT molecular complexity index is 361. The fraction of sp³-hybridized carbons (Fsp3) is 0.583. The Morgan fingerprint density at radius 2 is 2.24 bits per heavy atom. The van der Waals surface area contributed by atoms with Gasteiger partial charge in [-0.1, -0.05) is 0 Å². The molecule has 0 aliphatic rings. The second-order valence-electron chi connectivity index (χ2n) is 4.30. The third kappa shape index (κ3) is 5.51. The normalized spacial score (nSPS) is 12.9. The number of carbonyl (C=O) groups is 1. The van der Waals surface area contributed by atoms with Crippen molar-refractivity contribution in [3.05, 3.63) is 23.7 Å². The van der Waals surface area contributed by atoms with Gasteiger partial charge in [-0.25, -0.2) is 0 Å². The molecule has 1 aromatic heterocycles. The van der Waals surface area contributed by atoms with E-state index >= 15 is 0 Å². The Morgan fingerprint density at radius 3 is 2.76 bits per heavy atom. The van der Waals surface area contributed by atoms with Gasteiger partial charge in [0.2, 0.25) is 0 Å². The Kier molecular flexibility index (Phi) is 5.18. The molecule has 17 heavy (non-hydrogen) atoms. The van der Waals surface area contributed by atoms with Crippen LogP contribution in [0, 0.1) is 6.92 Å². The van der Waals surface area contributed by atoms with E-state index < -0.39 is 12.1 Å². The molecule has 0 aliphatic carbocycles. The number of aliphatic hydroxyl groups excluding tert-OH is 1. The third-order valence-electron chi connectivity index (χ3n) is 2.44. The lowest BCUT2D eigenvalue weighted by atomic mass is 10.2. The Labute approximate surface area is 101 Å². The molecule has 1 rings (SSSR count). The number of nitrogens with zero attached hydrogens (tertiary/aromatic N) is 1. The van der Waals surface area contributed by atoms with E-state index in [1.807, 2.05) is 31.0 Å². The first kappa shape index (κ1) is 13.7. The zero-order valence-electron chi connectivity index (χ0n) is 10.2. The van der Waals surface area contributed by atoms with Crippen molar-refractivity contribution in [3.63, 3.8) is 0 Å². The van der Waals surface area contributed by atoms with E-state index in [0.29, 0.717) is 13.1 Å². The van der Waals surface area contributed by atoms with Gasteiger partial charge < -0.3 is 14.6 Å². The molecule has 0 saturated heterocycles. The fourth-order valence-corrected chi connectivity index (χ4v) is 1.64. The lowest BCUT2D eigenvalue weighted by Crippen LogP contribution is -2.29. The van der Waals surface area contributed by atoms with Gasteiger partial charge >= 0.3 is 5.97 Å². The van der Waals surface area contributed by atoms with Crippen molar-refractivity contribution in [2.75, 3.05) is 13.6 Å². The molecule has 1 aromatic rings. The number of aryl methyl sites for hydroxylation is 1. The summed E-state index contributed by atoms with van der Waals surface area (Å²) >= 11 is 0. The van der Waals surface area contributed by atoms with Crippen LogP contribution in [0.15, 0.2) is 16.5 Å². The molecular formula is C12H19NO4. The van der Waals surface area contributed by atoms with Gasteiger partial charge in [-0.15, -0.1) is 0 Å². The van der Waals surface area contributed by atoms with Crippen molar-refractivity contribution < 1.29 is 19.4 Å². The molecule has 0 radical (unpaired) electrons. The van der Waals surface area contributed by atoms with Gasteiger partial charge in [-0.2, -0.15) is 0 Å². The summed E-state index contributed by atoms with van der Waals surface area (Å²) in [7, 11) is 1.86. The first-order valence-corrected chi connectivity index (χ1v) is 5.61. The molecule has 0 saturated carbocycles. The second kappa shape index (κ2) is 6.42. The van der Waals surface area contributed by atoms with E-state index in [1.165, 1.54) is 0 Å². The van der Waals surface area contributed by atoms with Gasteiger partial charge in [-0.05, 0) is 32.5 Å². The first-order valence-electron chi connectivity index (χ1n) is 5.61. The highest BCUT2D eigenvalue weighted by Crippen LogP contribution is 2.09. The highest BCUT2D eigenvalue weighted by Gasteiger charge is 2.11. The summed E-state index contributed by atoms with van der Waals surface area (Å²) in [4.78, 5) is 12.3. The summed E-state index contributed by atoms with van der Waals surface area (Å²) < 4.78 is 5.42. The molecule has 1 heterocycles. The van der Waals surface area contributed by atoms with Crippen molar-refractivity contribution in [1.29, 1.82) is 0 Å². The van der Waals surface area contributed by atoms with E-state index in [0.717, 1.165) is 11.5 Å². The average Bonchev–Trinajstić information content (AvgIpc) is 2.60. The van der Waals surface area contributed by atoms with E-state index in [4.69, 9.17) is 9.52 Å². The number of rotatable bonds is 7. The van der Waals surface area contributed by atoms with Crippen LogP contribution < -0.4 is 0 Å². The smallest absolute Gasteiger partial charge is 0.303 e.